The van der Waals surface area contributed by atoms with Gasteiger partial charge in [-0.15, -0.1) is 17.5 Å². The van der Waals surface area contributed by atoms with Crippen molar-refractivity contribution in [2.24, 2.45) is 0 Å². The van der Waals surface area contributed by atoms with Crippen LogP contribution < -0.4 is 0 Å². The van der Waals surface area contributed by atoms with E-state index in [1.54, 1.807) is 11.8 Å². The molecule has 1 nitrogen and oxygen atoms in total. The van der Waals surface area contributed by atoms with Gasteiger partial charge in [0, 0.05) is 34.1 Å². The van der Waals surface area contributed by atoms with E-state index >= 15 is 0 Å². The van der Waals surface area contributed by atoms with Gasteiger partial charge in [0.2, 0.25) is 0 Å². The van der Waals surface area contributed by atoms with Crippen molar-refractivity contribution in [1.29, 1.82) is 0 Å². The van der Waals surface area contributed by atoms with E-state index in [9.17, 15) is 4.79 Å². The number of fused-ring (bicyclic) bond motifs is 2. The van der Waals surface area contributed by atoms with E-state index in [0.717, 1.165) is 38.3 Å². The summed E-state index contributed by atoms with van der Waals surface area (Å²) in [6.07, 6.45) is 2.02. The molecule has 2 aromatic rings. The Morgan fingerprint density at radius 1 is 1.10 bits per heavy atom. The highest BCUT2D eigenvalue weighted by molar-refractivity contribution is 7.98. The second-order valence-corrected chi connectivity index (χ2v) is 5.61. The lowest BCUT2D eigenvalue weighted by molar-refractivity contribution is 0.103. The summed E-state index contributed by atoms with van der Waals surface area (Å²) >= 11 is 1.64. The first-order valence-corrected chi connectivity index (χ1v) is 7.63. The summed E-state index contributed by atoms with van der Waals surface area (Å²) in [6, 6.07) is 11.8. The molecule has 0 heterocycles. The van der Waals surface area contributed by atoms with Crippen molar-refractivity contribution in [3.8, 4) is 0 Å². The van der Waals surface area contributed by atoms with Crippen LogP contribution in [0.2, 0.25) is 0 Å². The van der Waals surface area contributed by atoms with E-state index in [-0.39, 0.29) is 7.21 Å². The first-order valence-electron chi connectivity index (χ1n) is 6.41. The van der Waals surface area contributed by atoms with E-state index in [1.807, 2.05) is 49.6 Å². The maximum absolute atomic E-state index is 12.8. The highest BCUT2D eigenvalue weighted by atomic mass is 32.2. The molecule has 0 saturated heterocycles. The van der Waals surface area contributed by atoms with Gasteiger partial charge in [0.05, 0.1) is 0 Å². The second-order valence-electron chi connectivity index (χ2n) is 4.76. The van der Waals surface area contributed by atoms with Gasteiger partial charge in [-0.25, -0.2) is 0 Å². The molecule has 2 heteroatoms. The predicted molar refractivity (Wildman–Crippen MR) is 86.6 cm³/mol. The molecule has 0 amide bonds. The smallest absolute Gasteiger partial charge is 0.194 e. The van der Waals surface area contributed by atoms with Crippen LogP contribution in [0.3, 0.4) is 0 Å². The zero-order chi connectivity index (χ0) is 14.3. The minimum absolute atomic E-state index is 0. The molecular formula is C18H16OS. The number of hydrogen-bond donors (Lipinski definition) is 0. The molecule has 0 aromatic heterocycles. The number of thioether (sulfide) groups is 1. The Kier molecular flexibility index (Phi) is 3.13. The average Bonchev–Trinajstić information content (AvgIpc) is 2.47. The summed E-state index contributed by atoms with van der Waals surface area (Å²) in [5.74, 6) is 0.100. The minimum atomic E-state index is 0. The third-order valence-electron chi connectivity index (χ3n) is 3.69. The maximum Gasteiger partial charge on any atom is 0.194 e. The van der Waals surface area contributed by atoms with Gasteiger partial charge in [0.25, 0.3) is 0 Å². The summed E-state index contributed by atoms with van der Waals surface area (Å²) in [5.41, 5.74) is 8.42. The summed E-state index contributed by atoms with van der Waals surface area (Å²) in [5, 5.41) is 0. The number of benzene rings is 2. The van der Waals surface area contributed by atoms with Crippen molar-refractivity contribution in [2.45, 2.75) is 11.8 Å². The Hall–Kier alpha value is -2.02. The van der Waals surface area contributed by atoms with Gasteiger partial charge in [-0.2, -0.15) is 0 Å². The van der Waals surface area contributed by atoms with Gasteiger partial charge in [0.1, 0.15) is 0 Å². The number of carbonyl (C=O) groups is 1. The molecule has 0 unspecified atom stereocenters. The Labute approximate surface area is 124 Å². The molecule has 0 bridgehead atoms. The SMILES string of the molecule is C=C=C1c2cccc(C)c2C(=O)c2cccc(SC)c21.[HH]. The zero-order valence-electron chi connectivity index (χ0n) is 11.5. The van der Waals surface area contributed by atoms with Crippen LogP contribution >= 0.6 is 11.8 Å². The van der Waals surface area contributed by atoms with E-state index < -0.39 is 0 Å². The fraction of sp³-hybridized carbons (Fsp3) is 0.111. The van der Waals surface area contributed by atoms with Gasteiger partial charge in [-0.3, -0.25) is 4.79 Å². The molecule has 0 atom stereocenters. The van der Waals surface area contributed by atoms with Crippen LogP contribution in [0.4, 0.5) is 0 Å². The largest absolute Gasteiger partial charge is 0.289 e. The van der Waals surface area contributed by atoms with E-state index in [4.69, 9.17) is 0 Å². The van der Waals surface area contributed by atoms with Crippen LogP contribution in [0.25, 0.3) is 5.57 Å². The van der Waals surface area contributed by atoms with Crippen molar-refractivity contribution < 1.29 is 6.22 Å². The molecule has 0 spiro atoms. The van der Waals surface area contributed by atoms with E-state index in [0.29, 0.717) is 0 Å². The zero-order valence-corrected chi connectivity index (χ0v) is 12.3. The van der Waals surface area contributed by atoms with Crippen molar-refractivity contribution >= 4 is 23.1 Å². The molecule has 0 radical (unpaired) electrons. The Bertz CT molecular complexity index is 786. The van der Waals surface area contributed by atoms with Crippen molar-refractivity contribution in [1.82, 2.24) is 0 Å². The quantitative estimate of drug-likeness (QED) is 0.474. The monoisotopic (exact) mass is 280 g/mol. The lowest BCUT2D eigenvalue weighted by Crippen LogP contribution is -2.16. The molecule has 1 aliphatic carbocycles. The normalized spacial score (nSPS) is 12.7. The number of ketones is 1. The molecule has 3 rings (SSSR count). The Morgan fingerprint density at radius 2 is 1.80 bits per heavy atom. The van der Waals surface area contributed by atoms with Crippen molar-refractivity contribution in [3.63, 3.8) is 0 Å². The molecule has 20 heavy (non-hydrogen) atoms. The molecular weight excluding hydrogens is 264 g/mol. The van der Waals surface area contributed by atoms with Crippen LogP contribution in [-0.4, -0.2) is 12.0 Å². The van der Waals surface area contributed by atoms with Gasteiger partial charge >= 0.3 is 0 Å². The average molecular weight is 280 g/mol. The van der Waals surface area contributed by atoms with Crippen molar-refractivity contribution in [2.75, 3.05) is 6.26 Å². The first-order chi connectivity index (χ1) is 9.69. The van der Waals surface area contributed by atoms with E-state index in [1.165, 1.54) is 0 Å². The standard InChI is InChI=1S/C18H14OS.H2/c1-4-12-13-8-5-7-11(2)16(13)18(19)14-9-6-10-15(20-3)17(12)14;/h5-10H,1H2,2-3H3;1H. The highest BCUT2D eigenvalue weighted by Crippen LogP contribution is 2.40. The molecule has 1 aliphatic rings. The highest BCUT2D eigenvalue weighted by Gasteiger charge is 2.29. The van der Waals surface area contributed by atoms with E-state index in [2.05, 4.69) is 12.3 Å². The number of aryl methyl sites for hydroxylation is 1. The van der Waals surface area contributed by atoms with Crippen LogP contribution in [0.5, 0.6) is 0 Å². The lowest BCUT2D eigenvalue weighted by atomic mass is 9.80. The summed E-state index contributed by atoms with van der Waals surface area (Å²) < 4.78 is 0. The molecule has 2 aromatic carbocycles. The minimum Gasteiger partial charge on any atom is -0.289 e. The van der Waals surface area contributed by atoms with Gasteiger partial charge < -0.3 is 0 Å². The lowest BCUT2D eigenvalue weighted by Gasteiger charge is -2.23. The van der Waals surface area contributed by atoms with Gasteiger partial charge in [-0.05, 0) is 24.8 Å². The molecule has 0 N–H and O–H groups in total. The van der Waals surface area contributed by atoms with Crippen molar-refractivity contribution in [3.05, 3.63) is 76.5 Å². The van der Waals surface area contributed by atoms with Crippen LogP contribution in [-0.2, 0) is 0 Å². The molecule has 100 valence electrons. The third-order valence-corrected chi connectivity index (χ3v) is 4.47. The molecule has 0 saturated carbocycles. The number of carbonyl (C=O) groups excluding carboxylic acids is 1. The fourth-order valence-corrected chi connectivity index (χ4v) is 3.41. The Morgan fingerprint density at radius 3 is 2.50 bits per heavy atom. The van der Waals surface area contributed by atoms with Crippen LogP contribution in [0.15, 0.2) is 53.6 Å². The summed E-state index contributed by atoms with van der Waals surface area (Å²) in [4.78, 5) is 13.9. The Balaban J connectivity index is 0.00000161. The van der Waals surface area contributed by atoms with Gasteiger partial charge in [-0.1, -0.05) is 36.9 Å². The second kappa shape index (κ2) is 4.82. The van der Waals surface area contributed by atoms with Crippen LogP contribution in [0, 0.1) is 6.92 Å². The summed E-state index contributed by atoms with van der Waals surface area (Å²) in [6.45, 7) is 5.80. The summed E-state index contributed by atoms with van der Waals surface area (Å²) in [7, 11) is 0. The topological polar surface area (TPSA) is 17.1 Å². The van der Waals surface area contributed by atoms with Gasteiger partial charge in [0.15, 0.2) is 5.78 Å². The number of hydrogen-bond acceptors (Lipinski definition) is 2. The molecule has 0 fully saturated rings. The fourth-order valence-electron chi connectivity index (χ4n) is 2.78. The molecule has 0 aliphatic heterocycles. The first kappa shape index (κ1) is 13.0. The number of rotatable bonds is 1. The predicted octanol–water partition coefficient (Wildman–Crippen LogP) is 4.72. The third kappa shape index (κ3) is 1.70. The van der Waals surface area contributed by atoms with Crippen LogP contribution in [0.1, 0.15) is 34.0 Å². The maximum atomic E-state index is 12.8.